The van der Waals surface area contributed by atoms with E-state index >= 15 is 0 Å². The summed E-state index contributed by atoms with van der Waals surface area (Å²) in [5, 5.41) is 7.10. The predicted octanol–water partition coefficient (Wildman–Crippen LogP) is 3.54. The highest BCUT2D eigenvalue weighted by molar-refractivity contribution is 6.30. The molecule has 0 heterocycles. The molecule has 116 valence electrons. The Labute approximate surface area is 132 Å². The maximum atomic E-state index is 12.1. The van der Waals surface area contributed by atoms with E-state index < -0.39 is 0 Å². The lowest BCUT2D eigenvalue weighted by Crippen LogP contribution is -2.45. The van der Waals surface area contributed by atoms with E-state index in [1.54, 1.807) is 7.05 Å². The first kappa shape index (κ1) is 16.3. The average Bonchev–Trinajstić information content (AvgIpc) is 3.28. The van der Waals surface area contributed by atoms with Crippen molar-refractivity contribution in [3.05, 3.63) is 34.9 Å². The van der Waals surface area contributed by atoms with Crippen LogP contribution >= 0.6 is 11.6 Å². The lowest BCUT2D eigenvalue weighted by Gasteiger charge is -2.26. The highest BCUT2D eigenvalue weighted by atomic mass is 35.5. The van der Waals surface area contributed by atoms with Crippen molar-refractivity contribution >= 4 is 17.5 Å². The molecule has 4 heteroatoms. The van der Waals surface area contributed by atoms with Gasteiger partial charge in [0.1, 0.15) is 0 Å². The molecule has 3 nitrogen and oxygen atoms in total. The van der Waals surface area contributed by atoms with Gasteiger partial charge in [0.25, 0.3) is 0 Å². The van der Waals surface area contributed by atoms with Crippen LogP contribution < -0.4 is 10.6 Å². The predicted molar refractivity (Wildman–Crippen MR) is 87.4 cm³/mol. The molecule has 1 saturated carbocycles. The van der Waals surface area contributed by atoms with E-state index in [0.29, 0.717) is 11.8 Å². The summed E-state index contributed by atoms with van der Waals surface area (Å²) in [7, 11) is 1.70. The monoisotopic (exact) mass is 308 g/mol. The Morgan fingerprint density at radius 3 is 2.38 bits per heavy atom. The van der Waals surface area contributed by atoms with Crippen LogP contribution in [0, 0.1) is 11.8 Å². The molecule has 1 aliphatic carbocycles. The zero-order chi connectivity index (χ0) is 15.4. The van der Waals surface area contributed by atoms with Gasteiger partial charge >= 0.3 is 0 Å². The zero-order valence-electron chi connectivity index (χ0n) is 13.0. The number of carbonyl (C=O) groups excluding carboxylic acids is 1. The van der Waals surface area contributed by atoms with E-state index in [1.807, 2.05) is 12.1 Å². The van der Waals surface area contributed by atoms with Crippen molar-refractivity contribution < 1.29 is 4.79 Å². The molecule has 1 amide bonds. The summed E-state index contributed by atoms with van der Waals surface area (Å²) in [6.07, 6.45) is 3.29. The Kier molecular flexibility index (Phi) is 5.65. The van der Waals surface area contributed by atoms with E-state index in [1.165, 1.54) is 18.4 Å². The molecule has 0 spiro atoms. The minimum absolute atomic E-state index is 0.0725. The number of carbonyl (C=O) groups is 1. The van der Waals surface area contributed by atoms with Crippen LogP contribution in [0.25, 0.3) is 0 Å². The van der Waals surface area contributed by atoms with Crippen molar-refractivity contribution in [3.63, 3.8) is 0 Å². The molecule has 1 aromatic carbocycles. The van der Waals surface area contributed by atoms with Crippen LogP contribution in [0.3, 0.4) is 0 Å². The number of hydrogen-bond donors (Lipinski definition) is 2. The summed E-state index contributed by atoms with van der Waals surface area (Å²) < 4.78 is 0. The van der Waals surface area contributed by atoms with E-state index in [2.05, 4.69) is 36.6 Å². The molecule has 0 bridgehead atoms. The maximum Gasteiger partial charge on any atom is 0.236 e. The van der Waals surface area contributed by atoms with Gasteiger partial charge in [-0.05, 0) is 48.8 Å². The number of rotatable bonds is 7. The van der Waals surface area contributed by atoms with Crippen LogP contribution in [0.1, 0.15) is 44.7 Å². The largest absolute Gasteiger partial charge is 0.358 e. The number of nitrogens with one attached hydrogen (secondary N) is 2. The first-order valence-electron chi connectivity index (χ1n) is 7.74. The molecule has 2 atom stereocenters. The van der Waals surface area contributed by atoms with Gasteiger partial charge in [-0.2, -0.15) is 0 Å². The van der Waals surface area contributed by atoms with Gasteiger partial charge in [-0.3, -0.25) is 10.1 Å². The number of halogens is 1. The van der Waals surface area contributed by atoms with Crippen LogP contribution in [-0.2, 0) is 4.79 Å². The van der Waals surface area contributed by atoms with Gasteiger partial charge in [0.2, 0.25) is 5.91 Å². The summed E-state index contributed by atoms with van der Waals surface area (Å²) in [5.41, 5.74) is 1.22. The molecular formula is C17H25ClN2O. The van der Waals surface area contributed by atoms with Crippen LogP contribution in [0.2, 0.25) is 5.02 Å². The maximum absolute atomic E-state index is 12.1. The third-order valence-electron chi connectivity index (χ3n) is 3.97. The van der Waals surface area contributed by atoms with Crippen molar-refractivity contribution in [1.29, 1.82) is 0 Å². The molecule has 2 rings (SSSR count). The molecule has 21 heavy (non-hydrogen) atoms. The summed E-state index contributed by atoms with van der Waals surface area (Å²) in [6, 6.07) is 8.07. The highest BCUT2D eigenvalue weighted by Crippen LogP contribution is 2.41. The average molecular weight is 309 g/mol. The topological polar surface area (TPSA) is 41.1 Å². The van der Waals surface area contributed by atoms with Crippen molar-refractivity contribution in [2.24, 2.45) is 11.8 Å². The minimum Gasteiger partial charge on any atom is -0.358 e. The van der Waals surface area contributed by atoms with Gasteiger partial charge < -0.3 is 5.32 Å². The molecule has 1 aromatic rings. The second-order valence-corrected chi connectivity index (χ2v) is 6.77. The Morgan fingerprint density at radius 2 is 1.90 bits per heavy atom. The summed E-state index contributed by atoms with van der Waals surface area (Å²) in [5.74, 6) is 1.18. The molecular weight excluding hydrogens is 284 g/mol. The summed E-state index contributed by atoms with van der Waals surface area (Å²) >= 11 is 5.97. The second kappa shape index (κ2) is 7.28. The molecule has 2 unspecified atom stereocenters. The van der Waals surface area contributed by atoms with Crippen molar-refractivity contribution in [1.82, 2.24) is 10.6 Å². The van der Waals surface area contributed by atoms with Gasteiger partial charge in [0.15, 0.2) is 0 Å². The fraction of sp³-hybridized carbons (Fsp3) is 0.588. The number of likely N-dealkylation sites (N-methyl/N-ethyl adjacent to an activating group) is 1. The van der Waals surface area contributed by atoms with Crippen molar-refractivity contribution in [2.75, 3.05) is 7.05 Å². The SMILES string of the molecule is CNC(=O)C(CC(C)C)NC(c1ccc(Cl)cc1)C1CC1. The standard InChI is InChI=1S/C17H25ClN2O/c1-11(2)10-15(17(21)19-3)20-16(12-4-5-12)13-6-8-14(18)9-7-13/h6-9,11-12,15-16,20H,4-5,10H2,1-3H3,(H,19,21). The lowest BCUT2D eigenvalue weighted by molar-refractivity contribution is -0.123. The third-order valence-corrected chi connectivity index (χ3v) is 4.23. The van der Waals surface area contributed by atoms with Crippen molar-refractivity contribution in [2.45, 2.75) is 45.2 Å². The minimum atomic E-state index is -0.142. The quantitative estimate of drug-likeness (QED) is 0.809. The van der Waals surface area contributed by atoms with E-state index in [-0.39, 0.29) is 18.0 Å². The Hall–Kier alpha value is -1.06. The van der Waals surface area contributed by atoms with Gasteiger partial charge in [0.05, 0.1) is 6.04 Å². The Bertz CT molecular complexity index is 468. The molecule has 0 aromatic heterocycles. The molecule has 0 saturated heterocycles. The zero-order valence-corrected chi connectivity index (χ0v) is 13.8. The fourth-order valence-electron chi connectivity index (χ4n) is 2.72. The highest BCUT2D eigenvalue weighted by Gasteiger charge is 2.35. The Morgan fingerprint density at radius 1 is 1.29 bits per heavy atom. The summed E-state index contributed by atoms with van der Waals surface area (Å²) in [4.78, 5) is 12.1. The molecule has 0 aliphatic heterocycles. The van der Waals surface area contributed by atoms with Gasteiger partial charge in [0, 0.05) is 18.1 Å². The number of amides is 1. The normalized spacial score (nSPS) is 17.6. The second-order valence-electron chi connectivity index (χ2n) is 6.33. The fourth-order valence-corrected chi connectivity index (χ4v) is 2.84. The van der Waals surface area contributed by atoms with Gasteiger partial charge in [-0.25, -0.2) is 0 Å². The molecule has 2 N–H and O–H groups in total. The molecule has 1 fully saturated rings. The number of hydrogen-bond acceptors (Lipinski definition) is 2. The van der Waals surface area contributed by atoms with Gasteiger partial charge in [-0.15, -0.1) is 0 Å². The van der Waals surface area contributed by atoms with Gasteiger partial charge in [-0.1, -0.05) is 37.6 Å². The third kappa shape index (κ3) is 4.72. The lowest BCUT2D eigenvalue weighted by atomic mass is 9.97. The molecule has 0 radical (unpaired) electrons. The van der Waals surface area contributed by atoms with E-state index in [0.717, 1.165) is 11.4 Å². The number of benzene rings is 1. The van der Waals surface area contributed by atoms with E-state index in [9.17, 15) is 4.79 Å². The summed E-state index contributed by atoms with van der Waals surface area (Å²) in [6.45, 7) is 4.29. The van der Waals surface area contributed by atoms with Crippen LogP contribution in [0.15, 0.2) is 24.3 Å². The first-order valence-corrected chi connectivity index (χ1v) is 8.12. The van der Waals surface area contributed by atoms with Crippen molar-refractivity contribution in [3.8, 4) is 0 Å². The van der Waals surface area contributed by atoms with Crippen LogP contribution in [0.5, 0.6) is 0 Å². The van der Waals surface area contributed by atoms with Crippen LogP contribution in [0.4, 0.5) is 0 Å². The van der Waals surface area contributed by atoms with E-state index in [4.69, 9.17) is 11.6 Å². The molecule has 1 aliphatic rings. The van der Waals surface area contributed by atoms with Crippen LogP contribution in [-0.4, -0.2) is 19.0 Å². The Balaban J connectivity index is 2.13. The smallest absolute Gasteiger partial charge is 0.236 e. The first-order chi connectivity index (χ1) is 10.0.